The van der Waals surface area contributed by atoms with Gasteiger partial charge in [-0.15, -0.1) is 0 Å². The molecule has 2 aromatic heterocycles. The zero-order valence-corrected chi connectivity index (χ0v) is 13.4. The largest absolute Gasteiger partial charge is 0.309 e. The van der Waals surface area contributed by atoms with E-state index in [4.69, 9.17) is 0 Å². The lowest BCUT2D eigenvalue weighted by Crippen LogP contribution is -2.25. The summed E-state index contributed by atoms with van der Waals surface area (Å²) in [7, 11) is 0. The molecular formula is C16H25N5. The Bertz CT molecular complexity index is 559. The number of hydrogen-bond acceptors (Lipinski definition) is 4. The van der Waals surface area contributed by atoms with Gasteiger partial charge < -0.3 is 5.32 Å². The predicted molar refractivity (Wildman–Crippen MR) is 84.2 cm³/mol. The average Bonchev–Trinajstić information content (AvgIpc) is 2.90. The molecule has 0 aromatic carbocycles. The van der Waals surface area contributed by atoms with Crippen LogP contribution in [0.3, 0.4) is 0 Å². The maximum Gasteiger partial charge on any atom is 0.0760 e. The van der Waals surface area contributed by atoms with Crippen molar-refractivity contribution < 1.29 is 0 Å². The molecule has 1 unspecified atom stereocenters. The molecule has 0 saturated heterocycles. The Balaban J connectivity index is 2.23. The molecule has 2 rings (SSSR count). The molecule has 0 aliphatic carbocycles. The second-order valence-electron chi connectivity index (χ2n) is 5.19. The van der Waals surface area contributed by atoms with Crippen molar-refractivity contribution in [3.8, 4) is 0 Å². The maximum atomic E-state index is 4.62. The normalized spacial score (nSPS) is 12.6. The minimum absolute atomic E-state index is 0.176. The second kappa shape index (κ2) is 7.31. The summed E-state index contributed by atoms with van der Waals surface area (Å²) >= 11 is 0. The number of aryl methyl sites for hydroxylation is 3. The van der Waals surface area contributed by atoms with Gasteiger partial charge >= 0.3 is 0 Å². The smallest absolute Gasteiger partial charge is 0.0760 e. The van der Waals surface area contributed by atoms with Gasteiger partial charge in [0.05, 0.1) is 29.3 Å². The van der Waals surface area contributed by atoms with Crippen LogP contribution in [0.4, 0.5) is 0 Å². The molecule has 114 valence electrons. The molecule has 0 saturated carbocycles. The van der Waals surface area contributed by atoms with Crippen molar-refractivity contribution in [2.75, 3.05) is 6.54 Å². The lowest BCUT2D eigenvalue weighted by molar-refractivity contribution is 0.504. The van der Waals surface area contributed by atoms with E-state index in [-0.39, 0.29) is 6.04 Å². The summed E-state index contributed by atoms with van der Waals surface area (Å²) in [6, 6.07) is 2.38. The predicted octanol–water partition coefficient (Wildman–Crippen LogP) is 2.46. The first-order chi connectivity index (χ1) is 10.2. The molecule has 0 aliphatic heterocycles. The van der Waals surface area contributed by atoms with Crippen LogP contribution in [0.5, 0.6) is 0 Å². The zero-order valence-electron chi connectivity index (χ0n) is 13.4. The summed E-state index contributed by atoms with van der Waals surface area (Å²) in [5.41, 5.74) is 4.34. The zero-order chi connectivity index (χ0) is 15.2. The number of hydrogen-bond donors (Lipinski definition) is 1. The highest BCUT2D eigenvalue weighted by atomic mass is 15.3. The van der Waals surface area contributed by atoms with Gasteiger partial charge in [-0.2, -0.15) is 5.10 Å². The fraction of sp³-hybridized carbons (Fsp3) is 0.562. The van der Waals surface area contributed by atoms with E-state index < -0.39 is 0 Å². The van der Waals surface area contributed by atoms with E-state index in [0.717, 1.165) is 43.0 Å². The molecule has 5 heteroatoms. The third-order valence-corrected chi connectivity index (χ3v) is 3.60. The minimum Gasteiger partial charge on any atom is -0.309 e. The highest BCUT2D eigenvalue weighted by Gasteiger charge is 2.16. The maximum absolute atomic E-state index is 4.62. The van der Waals surface area contributed by atoms with Gasteiger partial charge in [0.2, 0.25) is 0 Å². The van der Waals surface area contributed by atoms with E-state index in [1.54, 1.807) is 0 Å². The van der Waals surface area contributed by atoms with E-state index >= 15 is 0 Å². The van der Waals surface area contributed by atoms with Gasteiger partial charge in [-0.1, -0.05) is 13.8 Å². The lowest BCUT2D eigenvalue weighted by atomic mass is 10.1. The van der Waals surface area contributed by atoms with Crippen molar-refractivity contribution in [3.63, 3.8) is 0 Å². The van der Waals surface area contributed by atoms with Gasteiger partial charge in [-0.3, -0.25) is 14.6 Å². The standard InChI is InChI=1S/C16H25N5/c1-5-13-8-14(21(7-3)20-13)9-15(17-6-2)16-11-18-12(4)10-19-16/h8,10-11,15,17H,5-7,9H2,1-4H3. The van der Waals surface area contributed by atoms with Crippen molar-refractivity contribution in [2.24, 2.45) is 0 Å². The van der Waals surface area contributed by atoms with Crippen LogP contribution < -0.4 is 5.32 Å². The van der Waals surface area contributed by atoms with Crippen LogP contribution in [0.1, 0.15) is 49.6 Å². The Morgan fingerprint density at radius 1 is 1.19 bits per heavy atom. The van der Waals surface area contributed by atoms with Crippen LogP contribution in [-0.2, 0) is 19.4 Å². The summed E-state index contributed by atoms with van der Waals surface area (Å²) in [4.78, 5) is 8.88. The quantitative estimate of drug-likeness (QED) is 0.850. The Morgan fingerprint density at radius 3 is 2.57 bits per heavy atom. The number of aromatic nitrogens is 4. The molecule has 0 bridgehead atoms. The molecule has 0 aliphatic rings. The second-order valence-corrected chi connectivity index (χ2v) is 5.19. The van der Waals surface area contributed by atoms with Gasteiger partial charge in [-0.05, 0) is 32.9 Å². The van der Waals surface area contributed by atoms with E-state index in [9.17, 15) is 0 Å². The fourth-order valence-corrected chi connectivity index (χ4v) is 2.45. The third kappa shape index (κ3) is 3.88. The molecule has 2 aromatic rings. The Morgan fingerprint density at radius 2 is 2.00 bits per heavy atom. The monoisotopic (exact) mass is 287 g/mol. The number of rotatable bonds is 7. The fourth-order valence-electron chi connectivity index (χ4n) is 2.45. The van der Waals surface area contributed by atoms with Gasteiger partial charge in [0.15, 0.2) is 0 Å². The van der Waals surface area contributed by atoms with Crippen molar-refractivity contribution in [1.29, 1.82) is 0 Å². The molecule has 5 nitrogen and oxygen atoms in total. The van der Waals surface area contributed by atoms with E-state index in [1.165, 1.54) is 5.69 Å². The topological polar surface area (TPSA) is 55.6 Å². The first kappa shape index (κ1) is 15.6. The van der Waals surface area contributed by atoms with Crippen molar-refractivity contribution in [3.05, 3.63) is 41.2 Å². The van der Waals surface area contributed by atoms with Crippen LogP contribution in [0, 0.1) is 6.92 Å². The SMILES string of the molecule is CCNC(Cc1cc(CC)nn1CC)c1cnc(C)cn1. The first-order valence-electron chi connectivity index (χ1n) is 7.75. The van der Waals surface area contributed by atoms with E-state index in [0.29, 0.717) is 0 Å². The van der Waals surface area contributed by atoms with Crippen molar-refractivity contribution in [2.45, 2.75) is 53.1 Å². The lowest BCUT2D eigenvalue weighted by Gasteiger charge is -2.17. The molecule has 21 heavy (non-hydrogen) atoms. The Labute approximate surface area is 126 Å². The van der Waals surface area contributed by atoms with Crippen molar-refractivity contribution >= 4 is 0 Å². The van der Waals surface area contributed by atoms with Crippen LogP contribution in [0.25, 0.3) is 0 Å². The van der Waals surface area contributed by atoms with Crippen LogP contribution in [-0.4, -0.2) is 26.3 Å². The molecule has 0 spiro atoms. The summed E-state index contributed by atoms with van der Waals surface area (Å²) in [5, 5.41) is 8.12. The van der Waals surface area contributed by atoms with E-state index in [2.05, 4.69) is 51.9 Å². The van der Waals surface area contributed by atoms with Crippen molar-refractivity contribution in [1.82, 2.24) is 25.1 Å². The van der Waals surface area contributed by atoms with E-state index in [1.807, 2.05) is 19.3 Å². The summed E-state index contributed by atoms with van der Waals surface area (Å²) in [5.74, 6) is 0. The molecule has 0 amide bonds. The third-order valence-electron chi connectivity index (χ3n) is 3.60. The van der Waals surface area contributed by atoms with Crippen LogP contribution >= 0.6 is 0 Å². The summed E-state index contributed by atoms with van der Waals surface area (Å²) in [6.45, 7) is 10.1. The number of nitrogens with zero attached hydrogens (tertiary/aromatic N) is 4. The Hall–Kier alpha value is -1.75. The van der Waals surface area contributed by atoms with Gasteiger partial charge in [0.25, 0.3) is 0 Å². The molecule has 1 N–H and O–H groups in total. The highest BCUT2D eigenvalue weighted by molar-refractivity contribution is 5.15. The average molecular weight is 287 g/mol. The van der Waals surface area contributed by atoms with Gasteiger partial charge in [0.1, 0.15) is 0 Å². The minimum atomic E-state index is 0.176. The first-order valence-corrected chi connectivity index (χ1v) is 7.75. The van der Waals surface area contributed by atoms with Gasteiger partial charge in [-0.25, -0.2) is 0 Å². The molecule has 1 atom stereocenters. The number of nitrogens with one attached hydrogen (secondary N) is 1. The number of likely N-dealkylation sites (N-methyl/N-ethyl adjacent to an activating group) is 1. The molecule has 0 radical (unpaired) electrons. The van der Waals surface area contributed by atoms with Gasteiger partial charge in [0, 0.05) is 24.9 Å². The van der Waals surface area contributed by atoms with Crippen LogP contribution in [0.15, 0.2) is 18.5 Å². The summed E-state index contributed by atoms with van der Waals surface area (Å²) < 4.78 is 2.09. The molecular weight excluding hydrogens is 262 g/mol. The molecule has 2 heterocycles. The highest BCUT2D eigenvalue weighted by Crippen LogP contribution is 2.17. The Kier molecular flexibility index (Phi) is 5.44. The molecule has 0 fully saturated rings. The summed E-state index contributed by atoms with van der Waals surface area (Å²) in [6.07, 6.45) is 5.55. The van der Waals surface area contributed by atoms with Crippen LogP contribution in [0.2, 0.25) is 0 Å².